The summed E-state index contributed by atoms with van der Waals surface area (Å²) in [7, 11) is 0. The SMILES string of the molecule is CC(C=O)N1CCN(CCC2CSC(c3cc4cc(Cl)cc(C5CCCC5)c4n3N)=N2)CC1. The molecule has 1 aromatic carbocycles. The van der Waals surface area contributed by atoms with Gasteiger partial charge in [-0.1, -0.05) is 24.4 Å². The molecule has 2 atom stereocenters. The molecule has 0 bridgehead atoms. The average Bonchev–Trinajstić information content (AvgIpc) is 3.58. The Labute approximate surface area is 205 Å². The zero-order chi connectivity index (χ0) is 22.9. The van der Waals surface area contributed by atoms with E-state index in [0.29, 0.717) is 12.0 Å². The second kappa shape index (κ2) is 9.98. The summed E-state index contributed by atoms with van der Waals surface area (Å²) >= 11 is 8.31. The monoisotopic (exact) mass is 487 g/mol. The van der Waals surface area contributed by atoms with Crippen molar-refractivity contribution in [2.45, 2.75) is 57.0 Å². The molecule has 6 nitrogen and oxygen atoms in total. The fourth-order valence-corrected chi connectivity index (χ4v) is 6.95. The van der Waals surface area contributed by atoms with Crippen LogP contribution in [0.2, 0.25) is 5.02 Å². The van der Waals surface area contributed by atoms with Crippen molar-refractivity contribution < 1.29 is 4.79 Å². The molecule has 1 saturated carbocycles. The number of piperazine rings is 1. The number of hydrogen-bond donors (Lipinski definition) is 1. The smallest absolute Gasteiger partial charge is 0.136 e. The van der Waals surface area contributed by atoms with Crippen LogP contribution in [0.1, 0.15) is 56.2 Å². The molecule has 1 aromatic heterocycles. The summed E-state index contributed by atoms with van der Waals surface area (Å²) in [6.07, 6.45) is 7.11. The lowest BCUT2D eigenvalue weighted by atomic mass is 9.96. The topological polar surface area (TPSA) is 66.9 Å². The Hall–Kier alpha value is -1.54. The molecule has 33 heavy (non-hydrogen) atoms. The molecule has 8 heteroatoms. The first-order valence-corrected chi connectivity index (χ1v) is 13.6. The molecular formula is C25H34ClN5OS. The van der Waals surface area contributed by atoms with Crippen molar-refractivity contribution in [3.63, 3.8) is 0 Å². The highest BCUT2D eigenvalue weighted by molar-refractivity contribution is 8.14. The maximum atomic E-state index is 11.0. The number of aromatic nitrogens is 1. The van der Waals surface area contributed by atoms with Gasteiger partial charge in [0, 0.05) is 48.9 Å². The number of nitrogens with two attached hydrogens (primary N) is 1. The Morgan fingerprint density at radius 3 is 2.70 bits per heavy atom. The Balaban J connectivity index is 1.27. The number of aldehydes is 1. The van der Waals surface area contributed by atoms with Gasteiger partial charge in [-0.2, -0.15) is 0 Å². The number of thioether (sulfide) groups is 1. The van der Waals surface area contributed by atoms with Gasteiger partial charge in [-0.3, -0.25) is 14.6 Å². The van der Waals surface area contributed by atoms with Crippen molar-refractivity contribution in [2.75, 3.05) is 44.3 Å². The third kappa shape index (κ3) is 4.83. The molecule has 2 unspecified atom stereocenters. The van der Waals surface area contributed by atoms with E-state index < -0.39 is 0 Å². The van der Waals surface area contributed by atoms with E-state index in [4.69, 9.17) is 22.4 Å². The first kappa shape index (κ1) is 23.2. The maximum Gasteiger partial charge on any atom is 0.136 e. The van der Waals surface area contributed by atoms with E-state index in [1.165, 1.54) is 31.2 Å². The third-order valence-corrected chi connectivity index (χ3v) is 8.97. The van der Waals surface area contributed by atoms with Gasteiger partial charge in [0.05, 0.1) is 23.3 Å². The van der Waals surface area contributed by atoms with Gasteiger partial charge < -0.3 is 15.5 Å². The number of benzene rings is 1. The van der Waals surface area contributed by atoms with E-state index in [9.17, 15) is 4.79 Å². The number of aliphatic imine (C=N–C) groups is 1. The number of nitrogens with zero attached hydrogens (tertiary/aromatic N) is 4. The highest BCUT2D eigenvalue weighted by Gasteiger charge is 2.27. The van der Waals surface area contributed by atoms with Crippen LogP contribution < -0.4 is 5.84 Å². The van der Waals surface area contributed by atoms with Gasteiger partial charge in [0.15, 0.2) is 0 Å². The van der Waals surface area contributed by atoms with Crippen LogP contribution in [0.5, 0.6) is 0 Å². The highest BCUT2D eigenvalue weighted by Crippen LogP contribution is 2.40. The molecule has 2 aliphatic heterocycles. The van der Waals surface area contributed by atoms with Crippen LogP contribution in [0.3, 0.4) is 0 Å². The number of fused-ring (bicyclic) bond motifs is 1. The Bertz CT molecular complexity index is 1040. The molecule has 2 aromatic rings. The van der Waals surface area contributed by atoms with Crippen LogP contribution in [0.25, 0.3) is 10.9 Å². The molecule has 2 fully saturated rings. The molecule has 0 spiro atoms. The van der Waals surface area contributed by atoms with Crippen molar-refractivity contribution in [1.82, 2.24) is 14.5 Å². The van der Waals surface area contributed by atoms with Crippen LogP contribution in [-0.2, 0) is 4.79 Å². The largest absolute Gasteiger partial charge is 0.338 e. The predicted molar refractivity (Wildman–Crippen MR) is 139 cm³/mol. The molecule has 0 amide bonds. The third-order valence-electron chi connectivity index (χ3n) is 7.61. The van der Waals surface area contributed by atoms with Gasteiger partial charge in [0.2, 0.25) is 0 Å². The van der Waals surface area contributed by atoms with Gasteiger partial charge in [0.25, 0.3) is 0 Å². The molecule has 5 rings (SSSR count). The molecule has 3 heterocycles. The molecule has 1 aliphatic carbocycles. The van der Waals surface area contributed by atoms with Crippen molar-refractivity contribution >= 4 is 45.6 Å². The molecule has 0 radical (unpaired) electrons. The first-order chi connectivity index (χ1) is 16.0. The zero-order valence-electron chi connectivity index (χ0n) is 19.4. The molecule has 1 saturated heterocycles. The van der Waals surface area contributed by atoms with Crippen molar-refractivity contribution in [3.8, 4) is 0 Å². The zero-order valence-corrected chi connectivity index (χ0v) is 21.0. The van der Waals surface area contributed by atoms with Gasteiger partial charge in [-0.05, 0) is 55.9 Å². The van der Waals surface area contributed by atoms with E-state index in [2.05, 4.69) is 21.9 Å². The number of carbonyl (C=O) groups is 1. The lowest BCUT2D eigenvalue weighted by molar-refractivity contribution is -0.112. The number of rotatable bonds is 7. The first-order valence-electron chi connectivity index (χ1n) is 12.3. The predicted octanol–water partition coefficient (Wildman–Crippen LogP) is 4.12. The Morgan fingerprint density at radius 1 is 1.21 bits per heavy atom. The summed E-state index contributed by atoms with van der Waals surface area (Å²) in [6, 6.07) is 6.67. The minimum absolute atomic E-state index is 0.0256. The minimum Gasteiger partial charge on any atom is -0.338 e. The van der Waals surface area contributed by atoms with Crippen LogP contribution in [0.15, 0.2) is 23.2 Å². The van der Waals surface area contributed by atoms with E-state index in [1.54, 1.807) is 0 Å². The van der Waals surface area contributed by atoms with Gasteiger partial charge >= 0.3 is 0 Å². The minimum atomic E-state index is 0.0256. The normalized spacial score (nSPS) is 23.9. The molecule has 2 N–H and O–H groups in total. The number of halogens is 1. The van der Waals surface area contributed by atoms with Crippen LogP contribution in [0, 0.1) is 0 Å². The molecular weight excluding hydrogens is 454 g/mol. The van der Waals surface area contributed by atoms with Gasteiger partial charge in [0.1, 0.15) is 11.3 Å². The Morgan fingerprint density at radius 2 is 1.97 bits per heavy atom. The second-order valence-electron chi connectivity index (χ2n) is 9.76. The van der Waals surface area contributed by atoms with Crippen molar-refractivity contribution in [3.05, 3.63) is 34.5 Å². The summed E-state index contributed by atoms with van der Waals surface area (Å²) in [5.74, 6) is 8.23. The van der Waals surface area contributed by atoms with E-state index in [1.807, 2.05) is 29.4 Å². The fraction of sp³-hybridized carbons (Fsp3) is 0.600. The van der Waals surface area contributed by atoms with E-state index in [0.717, 1.165) is 77.8 Å². The summed E-state index contributed by atoms with van der Waals surface area (Å²) in [6.45, 7) is 7.02. The Kier molecular flexibility index (Phi) is 7.02. The van der Waals surface area contributed by atoms with Crippen LogP contribution in [-0.4, -0.2) is 76.4 Å². The molecule has 3 aliphatic rings. The second-order valence-corrected chi connectivity index (χ2v) is 11.2. The van der Waals surface area contributed by atoms with E-state index >= 15 is 0 Å². The molecule has 178 valence electrons. The van der Waals surface area contributed by atoms with Crippen LogP contribution in [0.4, 0.5) is 0 Å². The van der Waals surface area contributed by atoms with Crippen molar-refractivity contribution in [2.24, 2.45) is 4.99 Å². The number of nitrogen functional groups attached to an aromatic ring is 1. The van der Waals surface area contributed by atoms with Crippen LogP contribution >= 0.6 is 23.4 Å². The quantitative estimate of drug-likeness (QED) is 0.470. The summed E-state index contributed by atoms with van der Waals surface area (Å²) in [5, 5.41) is 2.97. The van der Waals surface area contributed by atoms with E-state index in [-0.39, 0.29) is 6.04 Å². The van der Waals surface area contributed by atoms with Gasteiger partial charge in [-0.15, -0.1) is 11.8 Å². The van der Waals surface area contributed by atoms with Gasteiger partial charge in [-0.25, -0.2) is 0 Å². The fourth-order valence-electron chi connectivity index (χ4n) is 5.60. The maximum absolute atomic E-state index is 11.0. The standard InChI is InChI=1S/C25H34ClN5OS/c1-17(15-32)30-10-8-29(9-11-30)7-6-21-16-33-25(28-21)23-13-19-12-20(26)14-22(24(19)31(23)27)18-4-2-3-5-18/h12-15,17-18,21H,2-11,16,27H2,1H3. The summed E-state index contributed by atoms with van der Waals surface area (Å²) < 4.78 is 1.86. The summed E-state index contributed by atoms with van der Waals surface area (Å²) in [4.78, 5) is 20.9. The number of hydrogen-bond acceptors (Lipinski definition) is 6. The van der Waals surface area contributed by atoms with Crippen molar-refractivity contribution in [1.29, 1.82) is 0 Å². The summed E-state index contributed by atoms with van der Waals surface area (Å²) in [5.41, 5.74) is 3.43. The highest BCUT2D eigenvalue weighted by atomic mass is 35.5. The number of carbonyl (C=O) groups excluding carboxylic acids is 1. The lowest BCUT2D eigenvalue weighted by Crippen LogP contribution is -2.50. The lowest BCUT2D eigenvalue weighted by Gasteiger charge is -2.36. The average molecular weight is 488 g/mol.